The van der Waals surface area contributed by atoms with E-state index in [0.717, 1.165) is 22.4 Å². The second-order valence-corrected chi connectivity index (χ2v) is 9.18. The van der Waals surface area contributed by atoms with E-state index in [-0.39, 0.29) is 5.91 Å². The fourth-order valence-corrected chi connectivity index (χ4v) is 3.74. The average Bonchev–Trinajstić information content (AvgIpc) is 3.24. The maximum Gasteiger partial charge on any atom is 0.408 e. The van der Waals surface area contributed by atoms with Crippen molar-refractivity contribution in [2.75, 3.05) is 19.0 Å². The smallest absolute Gasteiger partial charge is 0.408 e. The van der Waals surface area contributed by atoms with E-state index in [0.29, 0.717) is 18.2 Å². The van der Waals surface area contributed by atoms with Crippen LogP contribution in [0.3, 0.4) is 0 Å². The highest BCUT2D eigenvalue weighted by Gasteiger charge is 2.25. The van der Waals surface area contributed by atoms with Crippen molar-refractivity contribution in [3.8, 4) is 22.4 Å². The number of carbonyl (C=O) groups excluding carboxylic acids is 2. The molecule has 0 unspecified atom stereocenters. The molecule has 0 saturated carbocycles. The molecule has 3 rings (SSSR count). The van der Waals surface area contributed by atoms with Crippen molar-refractivity contribution in [2.45, 2.75) is 38.8 Å². The monoisotopic (exact) mass is 468 g/mol. The molecule has 2 N–H and O–H groups in total. The van der Waals surface area contributed by atoms with E-state index in [2.05, 4.69) is 20.6 Å². The first kappa shape index (κ1) is 24.3. The van der Waals surface area contributed by atoms with Crippen molar-refractivity contribution in [3.05, 3.63) is 54.2 Å². The van der Waals surface area contributed by atoms with Crippen LogP contribution >= 0.6 is 11.3 Å². The Balaban J connectivity index is 1.70. The van der Waals surface area contributed by atoms with Crippen LogP contribution in [0, 0.1) is 0 Å². The van der Waals surface area contributed by atoms with Gasteiger partial charge in [-0.15, -0.1) is 11.3 Å². The van der Waals surface area contributed by atoms with E-state index in [1.54, 1.807) is 33.2 Å². The Morgan fingerprint density at radius 2 is 1.82 bits per heavy atom. The van der Waals surface area contributed by atoms with Gasteiger partial charge in [-0.1, -0.05) is 18.2 Å². The van der Waals surface area contributed by atoms with E-state index in [4.69, 9.17) is 9.47 Å². The number of aromatic nitrogens is 2. The summed E-state index contributed by atoms with van der Waals surface area (Å²) in [7, 11) is 1.54. The molecular weight excluding hydrogens is 440 g/mol. The van der Waals surface area contributed by atoms with Crippen molar-refractivity contribution in [3.63, 3.8) is 0 Å². The predicted octanol–water partition coefficient (Wildman–Crippen LogP) is 4.74. The van der Waals surface area contributed by atoms with Gasteiger partial charge < -0.3 is 20.1 Å². The summed E-state index contributed by atoms with van der Waals surface area (Å²) in [4.78, 5) is 33.6. The number of nitrogens with zero attached hydrogens (tertiary/aromatic N) is 2. The molecule has 2 heterocycles. The summed E-state index contributed by atoms with van der Waals surface area (Å²) < 4.78 is 10.3. The number of rotatable bonds is 8. The highest BCUT2D eigenvalue weighted by Crippen LogP contribution is 2.28. The normalized spacial score (nSPS) is 12.1. The summed E-state index contributed by atoms with van der Waals surface area (Å²) in [6, 6.07) is 11.1. The van der Waals surface area contributed by atoms with Crippen molar-refractivity contribution >= 4 is 28.5 Å². The molecule has 0 fully saturated rings. The largest absolute Gasteiger partial charge is 0.444 e. The van der Waals surface area contributed by atoms with E-state index in [1.807, 2.05) is 41.8 Å². The summed E-state index contributed by atoms with van der Waals surface area (Å²) >= 11 is 1.32. The van der Waals surface area contributed by atoms with Gasteiger partial charge in [0, 0.05) is 43.5 Å². The van der Waals surface area contributed by atoms with Gasteiger partial charge in [0.2, 0.25) is 5.91 Å². The maximum atomic E-state index is 12.8. The summed E-state index contributed by atoms with van der Waals surface area (Å²) in [5, 5.41) is 7.73. The molecule has 2 aromatic heterocycles. The summed E-state index contributed by atoms with van der Waals surface area (Å²) in [5.74, 6) is -0.385. The molecule has 1 atom stereocenters. The predicted molar refractivity (Wildman–Crippen MR) is 129 cm³/mol. The molecule has 2 amide bonds. The Morgan fingerprint density at radius 3 is 2.52 bits per heavy atom. The zero-order valence-corrected chi connectivity index (χ0v) is 19.9. The number of pyridine rings is 1. The zero-order valence-electron chi connectivity index (χ0n) is 19.1. The molecule has 0 bridgehead atoms. The van der Waals surface area contributed by atoms with Crippen LogP contribution in [0.4, 0.5) is 9.93 Å². The van der Waals surface area contributed by atoms with Gasteiger partial charge in [-0.2, -0.15) is 0 Å². The highest BCUT2D eigenvalue weighted by atomic mass is 32.1. The van der Waals surface area contributed by atoms with Crippen LogP contribution in [-0.2, 0) is 14.3 Å². The molecule has 0 aliphatic rings. The first-order valence-electron chi connectivity index (χ1n) is 10.5. The molecule has 0 aliphatic heterocycles. The lowest BCUT2D eigenvalue weighted by Gasteiger charge is -2.23. The third-order valence-corrected chi connectivity index (χ3v) is 5.28. The van der Waals surface area contributed by atoms with E-state index in [1.165, 1.54) is 18.4 Å². The number of methoxy groups -OCH3 is 1. The molecule has 0 radical (unpaired) electrons. The first-order valence-corrected chi connectivity index (χ1v) is 11.4. The quantitative estimate of drug-likeness (QED) is 0.495. The Morgan fingerprint density at radius 1 is 1.09 bits per heavy atom. The molecular formula is C24H28N4O4S. The van der Waals surface area contributed by atoms with Crippen LogP contribution in [-0.4, -0.2) is 47.3 Å². The number of ether oxygens (including phenoxy) is 2. The van der Waals surface area contributed by atoms with Gasteiger partial charge in [0.05, 0.1) is 5.69 Å². The molecule has 174 valence electrons. The van der Waals surface area contributed by atoms with Gasteiger partial charge in [0.1, 0.15) is 11.6 Å². The van der Waals surface area contributed by atoms with E-state index in [9.17, 15) is 9.59 Å². The lowest BCUT2D eigenvalue weighted by molar-refractivity contribution is -0.118. The number of hydrogen-bond acceptors (Lipinski definition) is 7. The topological polar surface area (TPSA) is 102 Å². The number of alkyl carbamates (subject to hydrolysis) is 1. The Kier molecular flexibility index (Phi) is 8.13. The Labute approximate surface area is 197 Å². The number of amides is 2. The van der Waals surface area contributed by atoms with Gasteiger partial charge in [-0.05, 0) is 50.1 Å². The van der Waals surface area contributed by atoms with Crippen LogP contribution in [0.1, 0.15) is 27.2 Å². The summed E-state index contributed by atoms with van der Waals surface area (Å²) in [6.07, 6.45) is 3.15. The fourth-order valence-electron chi connectivity index (χ4n) is 3.01. The first-order chi connectivity index (χ1) is 15.7. The molecule has 0 saturated heterocycles. The number of carbonyl (C=O) groups is 2. The van der Waals surface area contributed by atoms with E-state index < -0.39 is 17.7 Å². The van der Waals surface area contributed by atoms with Gasteiger partial charge in [-0.3, -0.25) is 9.78 Å². The van der Waals surface area contributed by atoms with Crippen LogP contribution in [0.25, 0.3) is 22.4 Å². The van der Waals surface area contributed by atoms with Crippen LogP contribution in [0.15, 0.2) is 54.2 Å². The third kappa shape index (κ3) is 7.37. The van der Waals surface area contributed by atoms with Gasteiger partial charge >= 0.3 is 6.09 Å². The molecule has 0 spiro atoms. The minimum Gasteiger partial charge on any atom is -0.444 e. The van der Waals surface area contributed by atoms with Crippen LogP contribution in [0.5, 0.6) is 0 Å². The standard InChI is InChI=1S/C24H28N4O4S/c1-24(2,3)32-23(30)27-19(10-13-31-4)21(29)28-22-26-20(15-33-22)18-7-5-6-17(14-18)16-8-11-25-12-9-16/h5-9,11-12,14-15,19H,10,13H2,1-4H3,(H,27,30)(H,26,28,29)/t19-/m0/s1. The van der Waals surface area contributed by atoms with Gasteiger partial charge in [0.15, 0.2) is 5.13 Å². The maximum absolute atomic E-state index is 12.8. The zero-order chi connectivity index (χ0) is 23.8. The van der Waals surface area contributed by atoms with Crippen molar-refractivity contribution in [1.29, 1.82) is 0 Å². The number of hydrogen-bond donors (Lipinski definition) is 2. The molecule has 1 aromatic carbocycles. The fraction of sp³-hybridized carbons (Fsp3) is 0.333. The lowest BCUT2D eigenvalue weighted by atomic mass is 10.0. The van der Waals surface area contributed by atoms with E-state index >= 15 is 0 Å². The second-order valence-electron chi connectivity index (χ2n) is 8.32. The number of benzene rings is 1. The Bertz CT molecular complexity index is 1080. The SMILES string of the molecule is COCC[C@H](NC(=O)OC(C)(C)C)C(=O)Nc1nc(-c2cccc(-c3ccncc3)c2)cs1. The van der Waals surface area contributed by atoms with Gasteiger partial charge in [-0.25, -0.2) is 9.78 Å². The van der Waals surface area contributed by atoms with Crippen molar-refractivity contribution < 1.29 is 19.1 Å². The minimum atomic E-state index is -0.817. The highest BCUT2D eigenvalue weighted by molar-refractivity contribution is 7.14. The minimum absolute atomic E-state index is 0.299. The summed E-state index contributed by atoms with van der Waals surface area (Å²) in [6.45, 7) is 5.59. The lowest BCUT2D eigenvalue weighted by Crippen LogP contribution is -2.46. The third-order valence-electron chi connectivity index (χ3n) is 4.52. The average molecular weight is 469 g/mol. The number of thiazole rings is 1. The number of anilines is 1. The molecule has 3 aromatic rings. The summed E-state index contributed by atoms with van der Waals surface area (Å²) in [5.41, 5.74) is 3.13. The molecule has 0 aliphatic carbocycles. The molecule has 9 heteroatoms. The molecule has 8 nitrogen and oxygen atoms in total. The van der Waals surface area contributed by atoms with Crippen LogP contribution in [0.2, 0.25) is 0 Å². The Hall–Kier alpha value is -3.30. The second kappa shape index (κ2) is 11.0. The van der Waals surface area contributed by atoms with Crippen LogP contribution < -0.4 is 10.6 Å². The molecule has 33 heavy (non-hydrogen) atoms. The van der Waals surface area contributed by atoms with Gasteiger partial charge in [0.25, 0.3) is 0 Å². The van der Waals surface area contributed by atoms with Crippen molar-refractivity contribution in [2.24, 2.45) is 0 Å². The van der Waals surface area contributed by atoms with Crippen molar-refractivity contribution in [1.82, 2.24) is 15.3 Å². The number of nitrogens with one attached hydrogen (secondary N) is 2.